The number of rotatable bonds is 1. The van der Waals surface area contributed by atoms with Crippen LogP contribution in [0.25, 0.3) is 20.8 Å². The van der Waals surface area contributed by atoms with Gasteiger partial charge in [-0.3, -0.25) is 0 Å². The third-order valence-corrected chi connectivity index (χ3v) is 3.77. The monoisotopic (exact) mass is 261 g/mol. The lowest BCUT2D eigenvalue weighted by Crippen LogP contribution is -1.76. The van der Waals surface area contributed by atoms with Crippen LogP contribution in [0.5, 0.6) is 5.75 Å². The predicted molar refractivity (Wildman–Crippen MR) is 71.7 cm³/mol. The second-order valence-electron chi connectivity index (χ2n) is 3.65. The molecule has 0 radical (unpaired) electrons. The van der Waals surface area contributed by atoms with E-state index < -0.39 is 0 Å². The summed E-state index contributed by atoms with van der Waals surface area (Å²) >= 11 is 7.46. The molecular formula is C13H8ClNOS. The molecule has 1 N–H and O–H groups in total. The van der Waals surface area contributed by atoms with E-state index in [1.165, 1.54) is 11.3 Å². The molecule has 0 unspecified atom stereocenters. The Balaban J connectivity index is 2.22. The third-order valence-electron chi connectivity index (χ3n) is 2.48. The van der Waals surface area contributed by atoms with Gasteiger partial charge in [-0.05, 0) is 30.3 Å². The Morgan fingerprint density at radius 3 is 2.76 bits per heavy atom. The molecule has 0 saturated heterocycles. The molecule has 0 atom stereocenters. The van der Waals surface area contributed by atoms with Crippen molar-refractivity contribution in [2.24, 2.45) is 0 Å². The van der Waals surface area contributed by atoms with Crippen LogP contribution in [0.3, 0.4) is 0 Å². The van der Waals surface area contributed by atoms with Crippen LogP contribution in [0.2, 0.25) is 5.02 Å². The smallest absolute Gasteiger partial charge is 0.128 e. The molecule has 1 heterocycles. The topological polar surface area (TPSA) is 33.1 Å². The fraction of sp³-hybridized carbons (Fsp3) is 0. The number of halogens is 1. The fourth-order valence-electron chi connectivity index (χ4n) is 1.67. The van der Waals surface area contributed by atoms with Crippen LogP contribution in [0.1, 0.15) is 0 Å². The van der Waals surface area contributed by atoms with E-state index in [2.05, 4.69) is 4.98 Å². The molecule has 0 spiro atoms. The molecule has 0 aliphatic rings. The largest absolute Gasteiger partial charge is 0.507 e. The predicted octanol–water partition coefficient (Wildman–Crippen LogP) is 4.32. The lowest BCUT2D eigenvalue weighted by atomic mass is 10.2. The highest BCUT2D eigenvalue weighted by Crippen LogP contribution is 2.35. The SMILES string of the molecule is Oc1ccccc1-c1nc2ccc(Cl)cc2s1. The molecule has 0 fully saturated rings. The van der Waals surface area contributed by atoms with E-state index in [-0.39, 0.29) is 5.75 Å². The van der Waals surface area contributed by atoms with Crippen molar-refractivity contribution in [2.45, 2.75) is 0 Å². The Hall–Kier alpha value is -1.58. The summed E-state index contributed by atoms with van der Waals surface area (Å²) in [6, 6.07) is 12.8. The van der Waals surface area contributed by atoms with Gasteiger partial charge in [-0.2, -0.15) is 0 Å². The Labute approximate surface area is 107 Å². The quantitative estimate of drug-likeness (QED) is 0.708. The standard InChI is InChI=1S/C13H8ClNOS/c14-8-5-6-10-12(7-8)17-13(15-10)9-3-1-2-4-11(9)16/h1-7,16H. The minimum Gasteiger partial charge on any atom is -0.507 e. The van der Waals surface area contributed by atoms with Gasteiger partial charge in [0, 0.05) is 5.02 Å². The van der Waals surface area contributed by atoms with Crippen LogP contribution in [0, 0.1) is 0 Å². The average Bonchev–Trinajstić information content (AvgIpc) is 2.72. The Morgan fingerprint density at radius 1 is 1.12 bits per heavy atom. The molecule has 0 aliphatic carbocycles. The van der Waals surface area contributed by atoms with Crippen molar-refractivity contribution in [1.29, 1.82) is 0 Å². The van der Waals surface area contributed by atoms with Gasteiger partial charge < -0.3 is 5.11 Å². The van der Waals surface area contributed by atoms with E-state index in [0.29, 0.717) is 5.02 Å². The normalized spacial score (nSPS) is 10.9. The van der Waals surface area contributed by atoms with Crippen molar-refractivity contribution in [3.63, 3.8) is 0 Å². The van der Waals surface area contributed by atoms with Crippen LogP contribution in [-0.2, 0) is 0 Å². The minimum atomic E-state index is 0.248. The second kappa shape index (κ2) is 4.02. The number of aromatic nitrogens is 1. The summed E-state index contributed by atoms with van der Waals surface area (Å²) in [5.41, 5.74) is 1.66. The van der Waals surface area contributed by atoms with Crippen molar-refractivity contribution < 1.29 is 5.11 Å². The van der Waals surface area contributed by atoms with Crippen molar-refractivity contribution in [3.05, 3.63) is 47.5 Å². The summed E-state index contributed by atoms with van der Waals surface area (Å²) in [4.78, 5) is 4.48. The Morgan fingerprint density at radius 2 is 1.94 bits per heavy atom. The van der Waals surface area contributed by atoms with E-state index in [9.17, 15) is 5.11 Å². The number of para-hydroxylation sites is 1. The van der Waals surface area contributed by atoms with Crippen molar-refractivity contribution >= 4 is 33.2 Å². The van der Waals surface area contributed by atoms with Gasteiger partial charge in [0.15, 0.2) is 0 Å². The molecule has 84 valence electrons. The number of benzene rings is 2. The van der Waals surface area contributed by atoms with Crippen LogP contribution >= 0.6 is 22.9 Å². The number of thiazole rings is 1. The maximum atomic E-state index is 9.78. The van der Waals surface area contributed by atoms with Crippen molar-refractivity contribution in [3.8, 4) is 16.3 Å². The molecule has 0 bridgehead atoms. The number of phenolic OH excluding ortho intramolecular Hbond substituents is 1. The zero-order valence-electron chi connectivity index (χ0n) is 8.72. The molecule has 3 aromatic rings. The molecule has 4 heteroatoms. The first-order valence-electron chi connectivity index (χ1n) is 5.08. The molecule has 3 rings (SSSR count). The zero-order chi connectivity index (χ0) is 11.8. The summed E-state index contributed by atoms with van der Waals surface area (Å²) in [5, 5.41) is 11.3. The van der Waals surface area contributed by atoms with E-state index in [4.69, 9.17) is 11.6 Å². The zero-order valence-corrected chi connectivity index (χ0v) is 10.3. The molecule has 17 heavy (non-hydrogen) atoms. The van der Waals surface area contributed by atoms with E-state index in [1.54, 1.807) is 12.1 Å². The first-order valence-corrected chi connectivity index (χ1v) is 6.28. The van der Waals surface area contributed by atoms with E-state index >= 15 is 0 Å². The third kappa shape index (κ3) is 1.88. The van der Waals surface area contributed by atoms with Gasteiger partial charge in [-0.1, -0.05) is 23.7 Å². The average molecular weight is 262 g/mol. The highest BCUT2D eigenvalue weighted by molar-refractivity contribution is 7.21. The van der Waals surface area contributed by atoms with Crippen LogP contribution in [0.4, 0.5) is 0 Å². The summed E-state index contributed by atoms with van der Waals surface area (Å²) < 4.78 is 1.02. The molecule has 2 aromatic carbocycles. The van der Waals surface area contributed by atoms with E-state index in [1.807, 2.05) is 30.3 Å². The number of nitrogens with zero attached hydrogens (tertiary/aromatic N) is 1. The van der Waals surface area contributed by atoms with Gasteiger partial charge in [0.1, 0.15) is 10.8 Å². The molecule has 0 amide bonds. The van der Waals surface area contributed by atoms with Gasteiger partial charge >= 0.3 is 0 Å². The number of phenols is 1. The molecular weight excluding hydrogens is 254 g/mol. The highest BCUT2D eigenvalue weighted by atomic mass is 35.5. The number of hydrogen-bond acceptors (Lipinski definition) is 3. The van der Waals surface area contributed by atoms with Gasteiger partial charge in [0.2, 0.25) is 0 Å². The van der Waals surface area contributed by atoms with Crippen molar-refractivity contribution in [2.75, 3.05) is 0 Å². The first kappa shape index (κ1) is 10.6. The summed E-state index contributed by atoms with van der Waals surface area (Å²) in [6.07, 6.45) is 0. The van der Waals surface area contributed by atoms with Gasteiger partial charge in [-0.25, -0.2) is 4.98 Å². The van der Waals surface area contributed by atoms with Crippen LogP contribution < -0.4 is 0 Å². The molecule has 0 aliphatic heterocycles. The highest BCUT2D eigenvalue weighted by Gasteiger charge is 2.09. The molecule has 0 saturated carbocycles. The van der Waals surface area contributed by atoms with Gasteiger partial charge in [0.05, 0.1) is 15.8 Å². The molecule has 1 aromatic heterocycles. The minimum absolute atomic E-state index is 0.248. The lowest BCUT2D eigenvalue weighted by Gasteiger charge is -1.98. The Bertz CT molecular complexity index is 693. The number of hydrogen-bond donors (Lipinski definition) is 1. The Kier molecular flexibility index (Phi) is 2.50. The van der Waals surface area contributed by atoms with Gasteiger partial charge in [0.25, 0.3) is 0 Å². The summed E-state index contributed by atoms with van der Waals surface area (Å²) in [5.74, 6) is 0.248. The second-order valence-corrected chi connectivity index (χ2v) is 5.12. The summed E-state index contributed by atoms with van der Waals surface area (Å²) in [7, 11) is 0. The lowest BCUT2D eigenvalue weighted by molar-refractivity contribution is 0.477. The maximum Gasteiger partial charge on any atom is 0.128 e. The van der Waals surface area contributed by atoms with E-state index in [0.717, 1.165) is 20.8 Å². The van der Waals surface area contributed by atoms with Crippen LogP contribution in [-0.4, -0.2) is 10.1 Å². The first-order chi connectivity index (χ1) is 8.24. The van der Waals surface area contributed by atoms with Crippen LogP contribution in [0.15, 0.2) is 42.5 Å². The fourth-order valence-corrected chi connectivity index (χ4v) is 2.94. The van der Waals surface area contributed by atoms with Gasteiger partial charge in [-0.15, -0.1) is 11.3 Å². The summed E-state index contributed by atoms with van der Waals surface area (Å²) in [6.45, 7) is 0. The number of aromatic hydroxyl groups is 1. The number of fused-ring (bicyclic) bond motifs is 1. The molecule has 2 nitrogen and oxygen atoms in total. The maximum absolute atomic E-state index is 9.78. The van der Waals surface area contributed by atoms with Crippen molar-refractivity contribution in [1.82, 2.24) is 4.98 Å².